The van der Waals surface area contributed by atoms with Gasteiger partial charge in [-0.15, -0.1) is 5.10 Å². The topological polar surface area (TPSA) is 111 Å². The van der Waals surface area contributed by atoms with Crippen LogP contribution >= 0.6 is 0 Å². The number of amides is 1. The second kappa shape index (κ2) is 5.25. The van der Waals surface area contributed by atoms with E-state index >= 15 is 0 Å². The van der Waals surface area contributed by atoms with Crippen molar-refractivity contribution < 1.29 is 14.1 Å². The maximum absolute atomic E-state index is 11.2. The lowest BCUT2D eigenvalue weighted by Gasteiger charge is -1.97. The lowest BCUT2D eigenvalue weighted by Crippen LogP contribution is -2.09. The normalized spacial score (nSPS) is 10.2. The van der Waals surface area contributed by atoms with Crippen LogP contribution in [0.1, 0.15) is 13.3 Å². The number of nitrogens with one attached hydrogen (secondary N) is 1. The molecule has 0 aliphatic heterocycles. The van der Waals surface area contributed by atoms with Crippen LogP contribution in [0.5, 0.6) is 0 Å². The molecule has 0 saturated heterocycles. The van der Waals surface area contributed by atoms with E-state index in [9.17, 15) is 14.9 Å². The quantitative estimate of drug-likeness (QED) is 0.666. The monoisotopic (exact) mass is 262 g/mol. The Hall–Kier alpha value is -2.77. The third-order valence-electron chi connectivity index (χ3n) is 2.32. The summed E-state index contributed by atoms with van der Waals surface area (Å²) in [6.07, 6.45) is 0.267. The van der Waals surface area contributed by atoms with Crippen LogP contribution in [0.15, 0.2) is 28.7 Å². The summed E-state index contributed by atoms with van der Waals surface area (Å²) in [7, 11) is 0. The summed E-state index contributed by atoms with van der Waals surface area (Å²) in [5, 5.41) is 20.5. The smallest absolute Gasteiger partial charge is 0.322 e. The van der Waals surface area contributed by atoms with Gasteiger partial charge in [0.15, 0.2) is 0 Å². The van der Waals surface area contributed by atoms with E-state index in [1.165, 1.54) is 18.2 Å². The maximum Gasteiger partial charge on any atom is 0.322 e. The Bertz CT molecular complexity index is 623. The van der Waals surface area contributed by atoms with Gasteiger partial charge in [-0.25, -0.2) is 0 Å². The van der Waals surface area contributed by atoms with Crippen molar-refractivity contribution in [2.75, 3.05) is 5.32 Å². The third kappa shape index (κ3) is 2.73. The largest absolute Gasteiger partial charge is 0.403 e. The first-order chi connectivity index (χ1) is 9.11. The van der Waals surface area contributed by atoms with Crippen LogP contribution in [0.4, 0.5) is 11.7 Å². The molecule has 0 spiro atoms. The van der Waals surface area contributed by atoms with Gasteiger partial charge >= 0.3 is 6.01 Å². The van der Waals surface area contributed by atoms with Crippen molar-refractivity contribution in [1.29, 1.82) is 0 Å². The number of benzene rings is 1. The standard InChI is InChI=1S/C11H10N4O4/c1-2-9(16)12-11-14-13-10(19-11)7-5-3-4-6-8(7)15(17)18/h3-6H,2H2,1H3,(H,12,14,16). The number of para-hydroxylation sites is 1. The summed E-state index contributed by atoms with van der Waals surface area (Å²) in [5.74, 6) is -0.295. The molecule has 0 unspecified atom stereocenters. The molecule has 0 fully saturated rings. The van der Waals surface area contributed by atoms with Crippen LogP contribution in [-0.4, -0.2) is 21.0 Å². The van der Waals surface area contributed by atoms with E-state index in [2.05, 4.69) is 15.5 Å². The lowest BCUT2D eigenvalue weighted by molar-refractivity contribution is -0.384. The zero-order valence-electron chi connectivity index (χ0n) is 9.99. The minimum absolute atomic E-state index is 0.0151. The first-order valence-corrected chi connectivity index (χ1v) is 5.49. The van der Waals surface area contributed by atoms with Gasteiger partial charge in [-0.3, -0.25) is 20.2 Å². The predicted octanol–water partition coefficient (Wildman–Crippen LogP) is 1.99. The molecule has 0 radical (unpaired) electrons. The number of carbonyl (C=O) groups excluding carboxylic acids is 1. The number of carbonyl (C=O) groups is 1. The molecule has 0 aliphatic carbocycles. The first-order valence-electron chi connectivity index (χ1n) is 5.49. The van der Waals surface area contributed by atoms with Gasteiger partial charge in [-0.1, -0.05) is 24.2 Å². The molecule has 2 aromatic rings. The molecule has 1 amide bonds. The maximum atomic E-state index is 11.2. The van der Waals surface area contributed by atoms with E-state index in [0.717, 1.165) is 0 Å². The molecular formula is C11H10N4O4. The van der Waals surface area contributed by atoms with Crippen molar-refractivity contribution in [3.05, 3.63) is 34.4 Å². The summed E-state index contributed by atoms with van der Waals surface area (Å²) in [6.45, 7) is 1.68. The Labute approximate surface area is 107 Å². The average molecular weight is 262 g/mol. The van der Waals surface area contributed by atoms with Gasteiger partial charge < -0.3 is 4.42 Å². The van der Waals surface area contributed by atoms with Crippen LogP contribution < -0.4 is 5.32 Å². The fourth-order valence-electron chi connectivity index (χ4n) is 1.40. The fraction of sp³-hybridized carbons (Fsp3) is 0.182. The summed E-state index contributed by atoms with van der Waals surface area (Å²) in [6, 6.07) is 5.91. The van der Waals surface area contributed by atoms with Gasteiger partial charge in [-0.05, 0) is 6.07 Å². The Morgan fingerprint density at radius 3 is 2.84 bits per heavy atom. The molecule has 1 aromatic carbocycles. The lowest BCUT2D eigenvalue weighted by atomic mass is 10.2. The molecule has 1 aromatic heterocycles. The van der Waals surface area contributed by atoms with Crippen LogP contribution in [0, 0.1) is 10.1 Å². The van der Waals surface area contributed by atoms with Crippen molar-refractivity contribution in [2.24, 2.45) is 0 Å². The highest BCUT2D eigenvalue weighted by Crippen LogP contribution is 2.29. The number of hydrogen-bond acceptors (Lipinski definition) is 6. The van der Waals surface area contributed by atoms with Gasteiger partial charge in [-0.2, -0.15) is 0 Å². The Kier molecular flexibility index (Phi) is 3.51. The van der Waals surface area contributed by atoms with E-state index < -0.39 is 4.92 Å². The summed E-state index contributed by atoms with van der Waals surface area (Å²) in [4.78, 5) is 21.5. The molecule has 8 heteroatoms. The van der Waals surface area contributed by atoms with Crippen LogP contribution in [-0.2, 0) is 4.79 Å². The number of anilines is 1. The van der Waals surface area contributed by atoms with Gasteiger partial charge in [0.05, 0.1) is 4.92 Å². The van der Waals surface area contributed by atoms with E-state index in [-0.39, 0.29) is 35.5 Å². The minimum Gasteiger partial charge on any atom is -0.403 e. The predicted molar refractivity (Wildman–Crippen MR) is 65.3 cm³/mol. The van der Waals surface area contributed by atoms with Crippen molar-refractivity contribution in [3.8, 4) is 11.5 Å². The number of nitro benzene ring substituents is 1. The number of nitrogens with zero attached hydrogens (tertiary/aromatic N) is 3. The fourth-order valence-corrected chi connectivity index (χ4v) is 1.40. The minimum atomic E-state index is -0.538. The number of aromatic nitrogens is 2. The second-order valence-corrected chi connectivity index (χ2v) is 3.59. The summed E-state index contributed by atoms with van der Waals surface area (Å²) >= 11 is 0. The highest BCUT2D eigenvalue weighted by atomic mass is 16.6. The molecule has 1 N–H and O–H groups in total. The van der Waals surface area contributed by atoms with Crippen molar-refractivity contribution in [1.82, 2.24) is 10.2 Å². The van der Waals surface area contributed by atoms with E-state index in [1.807, 2.05) is 0 Å². The van der Waals surface area contributed by atoms with Crippen molar-refractivity contribution in [2.45, 2.75) is 13.3 Å². The van der Waals surface area contributed by atoms with Gasteiger partial charge in [0.1, 0.15) is 5.56 Å². The van der Waals surface area contributed by atoms with Crippen LogP contribution in [0.2, 0.25) is 0 Å². The molecule has 0 aliphatic rings. The zero-order chi connectivity index (χ0) is 13.8. The molecule has 0 atom stereocenters. The number of nitro groups is 1. The van der Waals surface area contributed by atoms with Crippen LogP contribution in [0.3, 0.4) is 0 Å². The summed E-state index contributed by atoms with van der Waals surface area (Å²) < 4.78 is 5.17. The molecule has 0 bridgehead atoms. The van der Waals surface area contributed by atoms with Crippen molar-refractivity contribution >= 4 is 17.6 Å². The Balaban J connectivity index is 2.33. The zero-order valence-corrected chi connectivity index (χ0v) is 9.99. The molecular weight excluding hydrogens is 252 g/mol. The highest BCUT2D eigenvalue weighted by Gasteiger charge is 2.19. The molecule has 0 saturated carbocycles. The first kappa shape index (κ1) is 12.7. The molecule has 2 rings (SSSR count). The SMILES string of the molecule is CCC(=O)Nc1nnc(-c2ccccc2[N+](=O)[O-])o1. The number of rotatable bonds is 4. The van der Waals surface area contributed by atoms with E-state index in [0.29, 0.717) is 0 Å². The van der Waals surface area contributed by atoms with Gasteiger partial charge in [0.25, 0.3) is 11.6 Å². The highest BCUT2D eigenvalue weighted by molar-refractivity contribution is 5.88. The molecule has 98 valence electrons. The molecule has 1 heterocycles. The number of hydrogen-bond donors (Lipinski definition) is 1. The Morgan fingerprint density at radius 2 is 2.16 bits per heavy atom. The Morgan fingerprint density at radius 1 is 1.42 bits per heavy atom. The van der Waals surface area contributed by atoms with Crippen LogP contribution in [0.25, 0.3) is 11.5 Å². The van der Waals surface area contributed by atoms with Gasteiger partial charge in [0.2, 0.25) is 5.91 Å². The van der Waals surface area contributed by atoms with E-state index in [1.54, 1.807) is 13.0 Å². The molecule has 19 heavy (non-hydrogen) atoms. The molecule has 8 nitrogen and oxygen atoms in total. The second-order valence-electron chi connectivity index (χ2n) is 3.59. The average Bonchev–Trinajstić information content (AvgIpc) is 2.86. The van der Waals surface area contributed by atoms with E-state index in [4.69, 9.17) is 4.42 Å². The summed E-state index contributed by atoms with van der Waals surface area (Å²) in [5.41, 5.74) is 0.0662. The van der Waals surface area contributed by atoms with Crippen molar-refractivity contribution in [3.63, 3.8) is 0 Å². The van der Waals surface area contributed by atoms with Gasteiger partial charge in [0, 0.05) is 12.5 Å². The third-order valence-corrected chi connectivity index (χ3v) is 2.32.